The Balaban J connectivity index is 1.62. The smallest absolute Gasteiger partial charge is 0.227 e. The van der Waals surface area contributed by atoms with E-state index in [4.69, 9.17) is 9.40 Å². The van der Waals surface area contributed by atoms with Gasteiger partial charge in [0.25, 0.3) is 0 Å². The highest BCUT2D eigenvalue weighted by molar-refractivity contribution is 9.10. The maximum atomic E-state index is 5.95. The Morgan fingerprint density at radius 1 is 1.12 bits per heavy atom. The molecule has 0 N–H and O–H groups in total. The van der Waals surface area contributed by atoms with Crippen molar-refractivity contribution in [1.82, 2.24) is 9.88 Å². The Bertz CT molecular complexity index is 878. The molecule has 3 aromatic rings. The normalized spacial score (nSPS) is 21.7. The molecule has 2 aromatic carbocycles. The van der Waals surface area contributed by atoms with Gasteiger partial charge >= 0.3 is 0 Å². The molecule has 3 nitrogen and oxygen atoms in total. The second-order valence-corrected chi connectivity index (χ2v) is 8.05. The quantitative estimate of drug-likeness (QED) is 0.539. The van der Waals surface area contributed by atoms with Crippen LogP contribution in [-0.2, 0) is 6.54 Å². The zero-order chi connectivity index (χ0) is 17.4. The SMILES string of the molecule is CC1CCCC(C)N1Cc1ccc2oc(-c3cccc(Br)c3)nc2c1. The van der Waals surface area contributed by atoms with E-state index in [0.717, 1.165) is 27.7 Å². The molecule has 0 radical (unpaired) electrons. The first-order chi connectivity index (χ1) is 12.1. The maximum Gasteiger partial charge on any atom is 0.227 e. The van der Waals surface area contributed by atoms with Gasteiger partial charge in [-0.1, -0.05) is 34.5 Å². The van der Waals surface area contributed by atoms with E-state index in [9.17, 15) is 0 Å². The number of benzene rings is 2. The van der Waals surface area contributed by atoms with Crippen LogP contribution < -0.4 is 0 Å². The Labute approximate surface area is 157 Å². The van der Waals surface area contributed by atoms with Crippen LogP contribution in [-0.4, -0.2) is 22.0 Å². The van der Waals surface area contributed by atoms with Gasteiger partial charge in [-0.2, -0.15) is 0 Å². The number of nitrogens with zero attached hydrogens (tertiary/aromatic N) is 2. The highest BCUT2D eigenvalue weighted by Gasteiger charge is 2.24. The van der Waals surface area contributed by atoms with Gasteiger partial charge in [0.1, 0.15) is 5.52 Å². The Hall–Kier alpha value is -1.65. The minimum Gasteiger partial charge on any atom is -0.436 e. The number of fused-ring (bicyclic) bond motifs is 1. The number of piperidine rings is 1. The lowest BCUT2D eigenvalue weighted by atomic mass is 9.97. The monoisotopic (exact) mass is 398 g/mol. The third-order valence-corrected chi connectivity index (χ3v) is 5.76. The summed E-state index contributed by atoms with van der Waals surface area (Å²) >= 11 is 3.51. The van der Waals surface area contributed by atoms with Crippen molar-refractivity contribution in [3.05, 3.63) is 52.5 Å². The summed E-state index contributed by atoms with van der Waals surface area (Å²) in [6.07, 6.45) is 3.93. The minimum absolute atomic E-state index is 0.647. The molecule has 130 valence electrons. The van der Waals surface area contributed by atoms with Gasteiger partial charge in [0.15, 0.2) is 5.58 Å². The second kappa shape index (κ2) is 6.93. The van der Waals surface area contributed by atoms with Crippen LogP contribution >= 0.6 is 15.9 Å². The lowest BCUT2D eigenvalue weighted by Gasteiger charge is -2.39. The fraction of sp³-hybridized carbons (Fsp3) is 0.381. The van der Waals surface area contributed by atoms with Gasteiger partial charge < -0.3 is 4.42 Å². The van der Waals surface area contributed by atoms with Crippen LogP contribution in [0.5, 0.6) is 0 Å². The molecule has 0 bridgehead atoms. The number of aromatic nitrogens is 1. The van der Waals surface area contributed by atoms with Crippen molar-refractivity contribution in [1.29, 1.82) is 0 Å². The molecule has 4 rings (SSSR count). The first-order valence-electron chi connectivity index (χ1n) is 9.01. The molecule has 1 aromatic heterocycles. The van der Waals surface area contributed by atoms with Crippen LogP contribution in [0.15, 0.2) is 51.4 Å². The number of rotatable bonds is 3. The molecule has 1 fully saturated rings. The zero-order valence-corrected chi connectivity index (χ0v) is 16.3. The molecule has 1 aliphatic heterocycles. The summed E-state index contributed by atoms with van der Waals surface area (Å²) in [5, 5.41) is 0. The first-order valence-corrected chi connectivity index (χ1v) is 9.80. The molecular weight excluding hydrogens is 376 g/mol. The van der Waals surface area contributed by atoms with Crippen molar-refractivity contribution < 1.29 is 4.42 Å². The van der Waals surface area contributed by atoms with Gasteiger partial charge in [-0.15, -0.1) is 0 Å². The molecule has 1 saturated heterocycles. The fourth-order valence-corrected chi connectivity index (χ4v) is 4.21. The van der Waals surface area contributed by atoms with Gasteiger partial charge in [-0.05, 0) is 62.6 Å². The van der Waals surface area contributed by atoms with Gasteiger partial charge in [-0.3, -0.25) is 4.90 Å². The fourth-order valence-electron chi connectivity index (χ4n) is 3.81. The Morgan fingerprint density at radius 2 is 1.92 bits per heavy atom. The van der Waals surface area contributed by atoms with E-state index < -0.39 is 0 Å². The summed E-state index contributed by atoms with van der Waals surface area (Å²) in [4.78, 5) is 7.32. The number of likely N-dealkylation sites (tertiary alicyclic amines) is 1. The molecule has 1 aliphatic rings. The van der Waals surface area contributed by atoms with Crippen molar-refractivity contribution in [2.45, 2.75) is 51.7 Å². The third kappa shape index (κ3) is 3.51. The number of hydrogen-bond acceptors (Lipinski definition) is 3. The van der Waals surface area contributed by atoms with Crippen molar-refractivity contribution in [2.75, 3.05) is 0 Å². The summed E-state index contributed by atoms with van der Waals surface area (Å²) in [7, 11) is 0. The predicted molar refractivity (Wildman–Crippen MR) is 105 cm³/mol. The van der Waals surface area contributed by atoms with E-state index in [1.54, 1.807) is 0 Å². The van der Waals surface area contributed by atoms with Crippen LogP contribution in [0.1, 0.15) is 38.7 Å². The summed E-state index contributed by atoms with van der Waals surface area (Å²) in [6.45, 7) is 5.67. The average Bonchev–Trinajstić information content (AvgIpc) is 3.02. The number of oxazole rings is 1. The molecule has 2 heterocycles. The summed E-state index contributed by atoms with van der Waals surface area (Å²) < 4.78 is 6.98. The van der Waals surface area contributed by atoms with Gasteiger partial charge in [0.2, 0.25) is 5.89 Å². The molecular formula is C21H23BrN2O. The van der Waals surface area contributed by atoms with E-state index in [0.29, 0.717) is 18.0 Å². The largest absolute Gasteiger partial charge is 0.436 e. The lowest BCUT2D eigenvalue weighted by molar-refractivity contribution is 0.0953. The molecule has 0 spiro atoms. The van der Waals surface area contributed by atoms with E-state index in [-0.39, 0.29) is 0 Å². The standard InChI is InChI=1S/C21H23BrN2O/c1-14-5-3-6-15(2)24(14)13-16-9-10-20-19(11-16)23-21(25-20)17-7-4-8-18(22)12-17/h4,7-12,14-15H,3,5-6,13H2,1-2H3. The van der Waals surface area contributed by atoms with E-state index in [1.807, 2.05) is 24.3 Å². The second-order valence-electron chi connectivity index (χ2n) is 7.13. The number of halogens is 1. The predicted octanol–water partition coefficient (Wildman–Crippen LogP) is 6.02. The highest BCUT2D eigenvalue weighted by Crippen LogP contribution is 2.29. The lowest BCUT2D eigenvalue weighted by Crippen LogP contribution is -2.42. The number of hydrogen-bond donors (Lipinski definition) is 0. The average molecular weight is 399 g/mol. The van der Waals surface area contributed by atoms with Crippen LogP contribution in [0.3, 0.4) is 0 Å². The van der Waals surface area contributed by atoms with Gasteiger partial charge in [0, 0.05) is 28.7 Å². The zero-order valence-electron chi connectivity index (χ0n) is 14.7. The van der Waals surface area contributed by atoms with Crippen LogP contribution in [0.25, 0.3) is 22.6 Å². The minimum atomic E-state index is 0.647. The van der Waals surface area contributed by atoms with E-state index >= 15 is 0 Å². The summed E-state index contributed by atoms with van der Waals surface area (Å²) in [6, 6.07) is 15.8. The molecule has 2 atom stereocenters. The molecule has 0 aliphatic carbocycles. The van der Waals surface area contributed by atoms with Crippen molar-refractivity contribution in [3.63, 3.8) is 0 Å². The van der Waals surface area contributed by atoms with Gasteiger partial charge in [0.05, 0.1) is 0 Å². The molecule has 0 saturated carbocycles. The Morgan fingerprint density at radius 3 is 2.68 bits per heavy atom. The highest BCUT2D eigenvalue weighted by atomic mass is 79.9. The Kier molecular flexibility index (Phi) is 4.65. The molecule has 4 heteroatoms. The van der Waals surface area contributed by atoms with Crippen LogP contribution in [0, 0.1) is 0 Å². The van der Waals surface area contributed by atoms with E-state index in [2.05, 4.69) is 52.9 Å². The first kappa shape index (κ1) is 16.8. The van der Waals surface area contributed by atoms with Crippen LogP contribution in [0.2, 0.25) is 0 Å². The van der Waals surface area contributed by atoms with Crippen molar-refractivity contribution >= 4 is 27.0 Å². The molecule has 2 unspecified atom stereocenters. The third-order valence-electron chi connectivity index (χ3n) is 5.26. The molecule has 25 heavy (non-hydrogen) atoms. The van der Waals surface area contributed by atoms with Crippen molar-refractivity contribution in [3.8, 4) is 11.5 Å². The molecule has 0 amide bonds. The topological polar surface area (TPSA) is 29.3 Å². The van der Waals surface area contributed by atoms with E-state index in [1.165, 1.54) is 24.8 Å². The van der Waals surface area contributed by atoms with Crippen molar-refractivity contribution in [2.24, 2.45) is 0 Å². The summed E-state index contributed by atoms with van der Waals surface area (Å²) in [5.41, 5.74) is 4.08. The summed E-state index contributed by atoms with van der Waals surface area (Å²) in [5.74, 6) is 0.674. The maximum absolute atomic E-state index is 5.95. The van der Waals surface area contributed by atoms with Gasteiger partial charge in [-0.25, -0.2) is 4.98 Å². The van der Waals surface area contributed by atoms with Crippen LogP contribution in [0.4, 0.5) is 0 Å².